The molecule has 0 bridgehead atoms. The highest BCUT2D eigenvalue weighted by molar-refractivity contribution is 9.09. The molecule has 1 atom stereocenters. The first-order chi connectivity index (χ1) is 9.56. The van der Waals surface area contributed by atoms with Crippen LogP contribution in [-0.2, 0) is 11.2 Å². The van der Waals surface area contributed by atoms with Crippen molar-refractivity contribution in [2.45, 2.75) is 24.6 Å². The monoisotopic (exact) mass is 333 g/mol. The number of hydrogen-bond acceptors (Lipinski definition) is 1. The molecule has 20 heavy (non-hydrogen) atoms. The van der Waals surface area contributed by atoms with Crippen LogP contribution in [-0.4, -0.2) is 29.2 Å². The summed E-state index contributed by atoms with van der Waals surface area (Å²) in [5.41, 5.74) is 1.08. The second-order valence-corrected chi connectivity index (χ2v) is 6.81. The summed E-state index contributed by atoms with van der Waals surface area (Å²) in [6.07, 6.45) is 1.44. The van der Waals surface area contributed by atoms with Crippen molar-refractivity contribution in [2.24, 2.45) is 0 Å². The molecule has 0 aromatic heterocycles. The minimum atomic E-state index is 0.174. The summed E-state index contributed by atoms with van der Waals surface area (Å²) >= 11 is 3.51. The molecule has 0 spiro atoms. The Balaban J connectivity index is 2.02. The number of benzene rings is 2. The van der Waals surface area contributed by atoms with Crippen molar-refractivity contribution in [1.82, 2.24) is 4.90 Å². The largest absolute Gasteiger partial charge is 0.345 e. The molecule has 0 saturated heterocycles. The fraction of sp³-hybridized carbons (Fsp3) is 0.353. The summed E-state index contributed by atoms with van der Waals surface area (Å²) in [5, 5.41) is 2.40. The number of likely N-dealkylation sites (N-methyl/N-ethyl adjacent to an activating group) is 1. The van der Waals surface area contributed by atoms with E-state index in [2.05, 4.69) is 47.1 Å². The molecule has 1 amide bonds. The molecule has 0 aliphatic heterocycles. The lowest BCUT2D eigenvalue weighted by Gasteiger charge is -2.18. The van der Waals surface area contributed by atoms with Gasteiger partial charge in [0.15, 0.2) is 0 Å². The van der Waals surface area contributed by atoms with E-state index in [0.717, 1.165) is 18.5 Å². The molecule has 0 aliphatic carbocycles. The maximum atomic E-state index is 12.2. The highest BCUT2D eigenvalue weighted by Gasteiger charge is 2.10. The molecule has 3 heteroatoms. The molecular weight excluding hydrogens is 314 g/mol. The van der Waals surface area contributed by atoms with Crippen molar-refractivity contribution in [3.05, 3.63) is 48.0 Å². The average molecular weight is 334 g/mol. The third-order valence-electron chi connectivity index (χ3n) is 3.46. The van der Waals surface area contributed by atoms with Crippen LogP contribution in [0.5, 0.6) is 0 Å². The number of carbonyl (C=O) groups excluding carboxylic acids is 1. The van der Waals surface area contributed by atoms with E-state index in [1.807, 2.05) is 30.1 Å². The summed E-state index contributed by atoms with van der Waals surface area (Å²) in [6.45, 7) is 2.89. The van der Waals surface area contributed by atoms with Crippen LogP contribution in [0, 0.1) is 0 Å². The molecule has 1 unspecified atom stereocenters. The lowest BCUT2D eigenvalue weighted by Crippen LogP contribution is -2.30. The first-order valence-electron chi connectivity index (χ1n) is 6.92. The van der Waals surface area contributed by atoms with Crippen LogP contribution in [0.15, 0.2) is 42.5 Å². The van der Waals surface area contributed by atoms with E-state index in [4.69, 9.17) is 0 Å². The number of carbonyl (C=O) groups is 1. The molecule has 2 aromatic rings. The predicted molar refractivity (Wildman–Crippen MR) is 88.3 cm³/mol. The lowest BCUT2D eigenvalue weighted by atomic mass is 10.0. The normalized spacial score (nSPS) is 12.3. The van der Waals surface area contributed by atoms with E-state index in [9.17, 15) is 4.79 Å². The van der Waals surface area contributed by atoms with Crippen LogP contribution in [0.1, 0.15) is 18.9 Å². The Hall–Kier alpha value is -1.35. The number of alkyl halides is 1. The van der Waals surface area contributed by atoms with E-state index in [1.54, 1.807) is 0 Å². The maximum absolute atomic E-state index is 12.2. The van der Waals surface area contributed by atoms with Gasteiger partial charge in [-0.2, -0.15) is 0 Å². The Morgan fingerprint density at radius 2 is 1.90 bits per heavy atom. The van der Waals surface area contributed by atoms with E-state index >= 15 is 0 Å². The van der Waals surface area contributed by atoms with E-state index in [-0.39, 0.29) is 5.91 Å². The molecule has 2 aromatic carbocycles. The number of amides is 1. The number of nitrogens with zero attached hydrogens (tertiary/aromatic N) is 1. The molecule has 0 fully saturated rings. The standard InChI is InChI=1S/C17H20BrNO/c1-13(18)9-10-19(2)17(20)12-14-7-8-15-5-3-4-6-16(15)11-14/h3-8,11,13H,9-10,12H2,1-2H3. The molecule has 106 valence electrons. The van der Waals surface area contributed by atoms with Crippen molar-refractivity contribution in [3.8, 4) is 0 Å². The first-order valence-corrected chi connectivity index (χ1v) is 7.83. The lowest BCUT2D eigenvalue weighted by molar-refractivity contribution is -0.129. The van der Waals surface area contributed by atoms with Gasteiger partial charge in [0.2, 0.25) is 5.91 Å². The fourth-order valence-electron chi connectivity index (χ4n) is 2.15. The molecular formula is C17H20BrNO. The summed E-state index contributed by atoms with van der Waals surface area (Å²) in [5.74, 6) is 0.174. The van der Waals surface area contributed by atoms with Gasteiger partial charge in [0.05, 0.1) is 6.42 Å². The third-order valence-corrected chi connectivity index (χ3v) is 3.92. The van der Waals surface area contributed by atoms with Gasteiger partial charge < -0.3 is 4.90 Å². The highest BCUT2D eigenvalue weighted by Crippen LogP contribution is 2.16. The molecule has 0 radical (unpaired) electrons. The van der Waals surface area contributed by atoms with Gasteiger partial charge in [-0.25, -0.2) is 0 Å². The minimum Gasteiger partial charge on any atom is -0.345 e. The van der Waals surface area contributed by atoms with Gasteiger partial charge in [0, 0.05) is 18.4 Å². The second-order valence-electron chi connectivity index (χ2n) is 5.24. The van der Waals surface area contributed by atoms with Crippen LogP contribution >= 0.6 is 15.9 Å². The Bertz CT molecular complexity index is 594. The molecule has 2 rings (SSSR count). The van der Waals surface area contributed by atoms with Gasteiger partial charge in [-0.05, 0) is 22.8 Å². The SMILES string of the molecule is CC(Br)CCN(C)C(=O)Cc1ccc2ccccc2c1. The Kier molecular flexibility index (Phi) is 5.18. The zero-order valence-electron chi connectivity index (χ0n) is 12.0. The summed E-state index contributed by atoms with van der Waals surface area (Å²) in [4.78, 5) is 14.4. The Morgan fingerprint density at radius 1 is 1.20 bits per heavy atom. The van der Waals surface area contributed by atoms with Crippen molar-refractivity contribution in [3.63, 3.8) is 0 Å². The number of hydrogen-bond donors (Lipinski definition) is 0. The number of halogens is 1. The molecule has 0 saturated carbocycles. The third kappa shape index (κ3) is 4.07. The number of rotatable bonds is 5. The fourth-order valence-corrected chi connectivity index (χ4v) is 2.36. The van der Waals surface area contributed by atoms with Crippen molar-refractivity contribution >= 4 is 32.6 Å². The van der Waals surface area contributed by atoms with Crippen molar-refractivity contribution < 1.29 is 4.79 Å². The van der Waals surface area contributed by atoms with Crippen LogP contribution in [0.4, 0.5) is 0 Å². The predicted octanol–water partition coefficient (Wildman–Crippen LogP) is 4.01. The zero-order chi connectivity index (χ0) is 14.5. The van der Waals surface area contributed by atoms with Crippen LogP contribution in [0.2, 0.25) is 0 Å². The van der Waals surface area contributed by atoms with Crippen LogP contribution in [0.3, 0.4) is 0 Å². The van der Waals surface area contributed by atoms with Crippen molar-refractivity contribution in [1.29, 1.82) is 0 Å². The topological polar surface area (TPSA) is 20.3 Å². The maximum Gasteiger partial charge on any atom is 0.226 e. The molecule has 2 nitrogen and oxygen atoms in total. The smallest absolute Gasteiger partial charge is 0.226 e. The minimum absolute atomic E-state index is 0.174. The summed E-state index contributed by atoms with van der Waals surface area (Å²) in [6, 6.07) is 14.5. The van der Waals surface area contributed by atoms with E-state index in [1.165, 1.54) is 10.8 Å². The van der Waals surface area contributed by atoms with Gasteiger partial charge in [-0.1, -0.05) is 65.3 Å². The van der Waals surface area contributed by atoms with Gasteiger partial charge in [0.1, 0.15) is 0 Å². The molecule has 0 N–H and O–H groups in total. The van der Waals surface area contributed by atoms with Gasteiger partial charge in [0.25, 0.3) is 0 Å². The highest BCUT2D eigenvalue weighted by atomic mass is 79.9. The van der Waals surface area contributed by atoms with Crippen molar-refractivity contribution in [2.75, 3.05) is 13.6 Å². The Morgan fingerprint density at radius 3 is 2.60 bits per heavy atom. The van der Waals surface area contributed by atoms with Crippen LogP contribution < -0.4 is 0 Å². The summed E-state index contributed by atoms with van der Waals surface area (Å²) in [7, 11) is 1.87. The van der Waals surface area contributed by atoms with E-state index in [0.29, 0.717) is 11.2 Å². The average Bonchev–Trinajstić information content (AvgIpc) is 2.44. The summed E-state index contributed by atoms with van der Waals surface area (Å²) < 4.78 is 0. The van der Waals surface area contributed by atoms with E-state index < -0.39 is 0 Å². The van der Waals surface area contributed by atoms with Gasteiger partial charge in [-0.15, -0.1) is 0 Å². The molecule has 0 aliphatic rings. The molecule has 0 heterocycles. The van der Waals surface area contributed by atoms with Gasteiger partial charge in [-0.3, -0.25) is 4.79 Å². The van der Waals surface area contributed by atoms with Crippen LogP contribution in [0.25, 0.3) is 10.8 Å². The second kappa shape index (κ2) is 6.89. The zero-order valence-corrected chi connectivity index (χ0v) is 13.6. The van der Waals surface area contributed by atoms with Gasteiger partial charge >= 0.3 is 0 Å². The first kappa shape index (κ1) is 15.0. The Labute approximate surface area is 128 Å². The number of fused-ring (bicyclic) bond motifs is 1. The quantitative estimate of drug-likeness (QED) is 0.757.